The molecule has 2 atom stereocenters. The van der Waals surface area contributed by atoms with Crippen molar-refractivity contribution >= 4 is 5.91 Å². The largest absolute Gasteiger partial charge is 0.382 e. The Bertz CT molecular complexity index is 503. The number of hydrogen-bond donors (Lipinski definition) is 0. The second kappa shape index (κ2) is 8.42. The Kier molecular flexibility index (Phi) is 6.56. The molecule has 7 nitrogen and oxygen atoms in total. The van der Waals surface area contributed by atoms with Crippen LogP contribution in [0.3, 0.4) is 0 Å². The van der Waals surface area contributed by atoms with Crippen LogP contribution in [0.5, 0.6) is 0 Å². The van der Waals surface area contributed by atoms with E-state index in [0.717, 1.165) is 19.4 Å². The summed E-state index contributed by atoms with van der Waals surface area (Å²) >= 11 is 0. The molecule has 2 heterocycles. The second-order valence-corrected chi connectivity index (χ2v) is 6.24. The van der Waals surface area contributed by atoms with Crippen LogP contribution >= 0.6 is 0 Å². The standard InChI is InChI=1S/C16H28N4O3/c1-18(2)16(21)12-20-6-5-15(23-8-7-22-4)14(20)9-13-10-17-19(3)11-13/h10-11,14-15H,5-9,12H2,1-4H3/t14-,15-/m0/s1. The van der Waals surface area contributed by atoms with Gasteiger partial charge < -0.3 is 14.4 Å². The van der Waals surface area contributed by atoms with Crippen LogP contribution in [-0.4, -0.2) is 85.1 Å². The highest BCUT2D eigenvalue weighted by Crippen LogP contribution is 2.24. The molecule has 0 saturated carbocycles. The van der Waals surface area contributed by atoms with Gasteiger partial charge in [-0.2, -0.15) is 5.10 Å². The van der Waals surface area contributed by atoms with Gasteiger partial charge in [0, 0.05) is 47.0 Å². The van der Waals surface area contributed by atoms with Gasteiger partial charge in [-0.3, -0.25) is 14.4 Å². The zero-order chi connectivity index (χ0) is 16.8. The van der Waals surface area contributed by atoms with Gasteiger partial charge in [-0.15, -0.1) is 0 Å². The Hall–Kier alpha value is -1.44. The normalized spacial score (nSPS) is 21.7. The minimum atomic E-state index is 0.124. The number of aromatic nitrogens is 2. The fourth-order valence-corrected chi connectivity index (χ4v) is 2.95. The first kappa shape index (κ1) is 17.9. The lowest BCUT2D eigenvalue weighted by atomic mass is 10.0. The van der Waals surface area contributed by atoms with Gasteiger partial charge in [0.25, 0.3) is 0 Å². The molecule has 130 valence electrons. The summed E-state index contributed by atoms with van der Waals surface area (Å²) in [5, 5.41) is 4.24. The summed E-state index contributed by atoms with van der Waals surface area (Å²) < 4.78 is 12.9. The van der Waals surface area contributed by atoms with Crippen molar-refractivity contribution in [2.24, 2.45) is 7.05 Å². The second-order valence-electron chi connectivity index (χ2n) is 6.24. The minimum absolute atomic E-state index is 0.124. The molecular formula is C16H28N4O3. The van der Waals surface area contributed by atoms with E-state index in [1.807, 2.05) is 19.4 Å². The zero-order valence-electron chi connectivity index (χ0n) is 14.6. The van der Waals surface area contributed by atoms with Crippen LogP contribution in [0.2, 0.25) is 0 Å². The van der Waals surface area contributed by atoms with Gasteiger partial charge in [-0.05, 0) is 18.4 Å². The summed E-state index contributed by atoms with van der Waals surface area (Å²) in [7, 11) is 7.17. The third-order valence-electron chi connectivity index (χ3n) is 4.26. The average Bonchev–Trinajstić information content (AvgIpc) is 3.08. The lowest BCUT2D eigenvalue weighted by Gasteiger charge is -2.28. The summed E-state index contributed by atoms with van der Waals surface area (Å²) in [6, 6.07) is 0.194. The number of amides is 1. The lowest BCUT2D eigenvalue weighted by Crippen LogP contribution is -2.43. The first-order valence-electron chi connectivity index (χ1n) is 8.03. The van der Waals surface area contributed by atoms with Crippen molar-refractivity contribution in [3.8, 4) is 0 Å². The Labute approximate surface area is 138 Å². The highest BCUT2D eigenvalue weighted by atomic mass is 16.5. The van der Waals surface area contributed by atoms with Crippen molar-refractivity contribution in [1.82, 2.24) is 19.6 Å². The van der Waals surface area contributed by atoms with Crippen molar-refractivity contribution < 1.29 is 14.3 Å². The lowest BCUT2D eigenvalue weighted by molar-refractivity contribution is -0.130. The number of likely N-dealkylation sites (tertiary alicyclic amines) is 1. The Morgan fingerprint density at radius 1 is 1.43 bits per heavy atom. The molecule has 0 bridgehead atoms. The maximum atomic E-state index is 12.1. The molecule has 7 heteroatoms. The molecule has 1 aliphatic rings. The number of methoxy groups -OCH3 is 1. The summed E-state index contributed by atoms with van der Waals surface area (Å²) in [5.41, 5.74) is 1.17. The van der Waals surface area contributed by atoms with Crippen molar-refractivity contribution in [1.29, 1.82) is 0 Å². The van der Waals surface area contributed by atoms with Crippen molar-refractivity contribution in [3.63, 3.8) is 0 Å². The van der Waals surface area contributed by atoms with Gasteiger partial charge in [0.1, 0.15) is 0 Å². The first-order valence-corrected chi connectivity index (χ1v) is 8.03. The van der Waals surface area contributed by atoms with Gasteiger partial charge >= 0.3 is 0 Å². The monoisotopic (exact) mass is 324 g/mol. The highest BCUT2D eigenvalue weighted by molar-refractivity contribution is 5.77. The molecular weight excluding hydrogens is 296 g/mol. The van der Waals surface area contributed by atoms with E-state index in [2.05, 4.69) is 10.00 Å². The maximum Gasteiger partial charge on any atom is 0.236 e. The van der Waals surface area contributed by atoms with E-state index in [9.17, 15) is 4.79 Å². The summed E-state index contributed by atoms with van der Waals surface area (Å²) in [6.45, 7) is 2.48. The number of likely N-dealkylation sites (N-methyl/N-ethyl adjacent to an activating group) is 1. The summed E-state index contributed by atoms with van der Waals surface area (Å²) in [6.07, 6.45) is 5.81. The molecule has 1 fully saturated rings. The number of carbonyl (C=O) groups is 1. The molecule has 1 saturated heterocycles. The Morgan fingerprint density at radius 2 is 2.22 bits per heavy atom. The van der Waals surface area contributed by atoms with Crippen LogP contribution in [0.25, 0.3) is 0 Å². The van der Waals surface area contributed by atoms with E-state index in [1.165, 1.54) is 5.56 Å². The maximum absolute atomic E-state index is 12.1. The van der Waals surface area contributed by atoms with Crippen LogP contribution in [0.4, 0.5) is 0 Å². The summed E-state index contributed by atoms with van der Waals surface area (Å²) in [4.78, 5) is 15.9. The topological polar surface area (TPSA) is 59.8 Å². The van der Waals surface area contributed by atoms with Gasteiger partial charge in [-0.25, -0.2) is 0 Å². The van der Waals surface area contributed by atoms with Gasteiger partial charge in [0.05, 0.1) is 32.1 Å². The molecule has 0 unspecified atom stereocenters. The summed E-state index contributed by atoms with van der Waals surface area (Å²) in [5.74, 6) is 0.124. The predicted molar refractivity (Wildman–Crippen MR) is 87.2 cm³/mol. The molecule has 1 aliphatic heterocycles. The molecule has 0 aliphatic carbocycles. The van der Waals surface area contributed by atoms with Gasteiger partial charge in [-0.1, -0.05) is 0 Å². The number of ether oxygens (including phenoxy) is 2. The van der Waals surface area contributed by atoms with Crippen molar-refractivity contribution in [2.75, 3.05) is 47.5 Å². The Balaban J connectivity index is 2.03. The molecule has 23 heavy (non-hydrogen) atoms. The number of aryl methyl sites for hydroxylation is 1. The number of carbonyl (C=O) groups excluding carboxylic acids is 1. The molecule has 2 rings (SSSR count). The predicted octanol–water partition coefficient (Wildman–Crippen LogP) is 0.157. The molecule has 1 amide bonds. The molecule has 1 aromatic rings. The van der Waals surface area contributed by atoms with E-state index < -0.39 is 0 Å². The van der Waals surface area contributed by atoms with Crippen LogP contribution < -0.4 is 0 Å². The fraction of sp³-hybridized carbons (Fsp3) is 0.750. The average molecular weight is 324 g/mol. The van der Waals surface area contributed by atoms with Gasteiger partial charge in [0.15, 0.2) is 0 Å². The van der Waals surface area contributed by atoms with Gasteiger partial charge in [0.2, 0.25) is 5.91 Å². The van der Waals surface area contributed by atoms with E-state index in [1.54, 1.807) is 30.8 Å². The quantitative estimate of drug-likeness (QED) is 0.638. The van der Waals surface area contributed by atoms with E-state index in [0.29, 0.717) is 19.8 Å². The fourth-order valence-electron chi connectivity index (χ4n) is 2.95. The highest BCUT2D eigenvalue weighted by Gasteiger charge is 2.36. The first-order chi connectivity index (χ1) is 11.0. The minimum Gasteiger partial charge on any atom is -0.382 e. The van der Waals surface area contributed by atoms with Crippen LogP contribution in [0, 0.1) is 0 Å². The number of hydrogen-bond acceptors (Lipinski definition) is 5. The number of rotatable bonds is 8. The third kappa shape index (κ3) is 5.02. The molecule has 0 aromatic carbocycles. The van der Waals surface area contributed by atoms with E-state index in [4.69, 9.17) is 9.47 Å². The SMILES string of the molecule is COCCO[C@H]1CCN(CC(=O)N(C)C)[C@H]1Cc1cnn(C)c1. The van der Waals surface area contributed by atoms with Crippen molar-refractivity contribution in [3.05, 3.63) is 18.0 Å². The van der Waals surface area contributed by atoms with Crippen LogP contribution in [-0.2, 0) is 27.7 Å². The molecule has 0 spiro atoms. The Morgan fingerprint density at radius 3 is 2.83 bits per heavy atom. The molecule has 0 radical (unpaired) electrons. The van der Waals surface area contributed by atoms with E-state index in [-0.39, 0.29) is 18.1 Å². The molecule has 1 aromatic heterocycles. The van der Waals surface area contributed by atoms with Crippen molar-refractivity contribution in [2.45, 2.75) is 25.0 Å². The third-order valence-corrected chi connectivity index (χ3v) is 4.26. The molecule has 0 N–H and O–H groups in total. The van der Waals surface area contributed by atoms with Crippen LogP contribution in [0.15, 0.2) is 12.4 Å². The zero-order valence-corrected chi connectivity index (χ0v) is 14.6. The number of nitrogens with zero attached hydrogens (tertiary/aromatic N) is 4. The smallest absolute Gasteiger partial charge is 0.236 e. The van der Waals surface area contributed by atoms with Crippen LogP contribution in [0.1, 0.15) is 12.0 Å². The van der Waals surface area contributed by atoms with E-state index >= 15 is 0 Å².